The summed E-state index contributed by atoms with van der Waals surface area (Å²) in [6.45, 7) is 1.37. The fraction of sp³-hybridized carbons (Fsp3) is 0.300. The van der Waals surface area contributed by atoms with Gasteiger partial charge in [-0.1, -0.05) is 22.0 Å². The van der Waals surface area contributed by atoms with Crippen molar-refractivity contribution < 1.29 is 28.3 Å². The summed E-state index contributed by atoms with van der Waals surface area (Å²) in [5.74, 6) is -2.47. The number of carbonyl (C=O) groups excluding carboxylic acids is 4. The van der Waals surface area contributed by atoms with Crippen molar-refractivity contribution in [3.63, 3.8) is 0 Å². The lowest BCUT2D eigenvalue weighted by Crippen LogP contribution is -2.32. The quantitative estimate of drug-likeness (QED) is 0.384. The second kappa shape index (κ2) is 11.6. The highest BCUT2D eigenvalue weighted by atomic mass is 79.9. The number of ether oxygens (including phenoxy) is 1. The first kappa shape index (κ1) is 23.7. The van der Waals surface area contributed by atoms with Gasteiger partial charge in [-0.2, -0.15) is 0 Å². The summed E-state index contributed by atoms with van der Waals surface area (Å²) in [6.07, 6.45) is -1.18. The molecule has 0 fully saturated rings. The van der Waals surface area contributed by atoms with Crippen LogP contribution in [0, 0.1) is 5.82 Å². The van der Waals surface area contributed by atoms with Crippen molar-refractivity contribution in [2.24, 2.45) is 0 Å². The van der Waals surface area contributed by atoms with E-state index in [-0.39, 0.29) is 43.2 Å². The SMILES string of the molecule is CC(OC(=O)CCNC(=O)CCC(=O)c1cccs1)C(=O)Nc1ccc(Br)cc1F. The second-order valence-electron chi connectivity index (χ2n) is 6.25. The number of carbonyl (C=O) groups is 4. The molecule has 0 bridgehead atoms. The van der Waals surface area contributed by atoms with Crippen molar-refractivity contribution in [2.75, 3.05) is 11.9 Å². The number of thiophene rings is 1. The van der Waals surface area contributed by atoms with Crippen LogP contribution in [0.15, 0.2) is 40.2 Å². The molecule has 0 aliphatic rings. The van der Waals surface area contributed by atoms with Gasteiger partial charge in [0.2, 0.25) is 5.91 Å². The molecular formula is C20H20BrFN2O5S. The molecule has 2 rings (SSSR count). The number of anilines is 1. The normalized spacial score (nSPS) is 11.4. The lowest BCUT2D eigenvalue weighted by Gasteiger charge is -2.14. The van der Waals surface area contributed by atoms with Crippen LogP contribution in [-0.2, 0) is 19.1 Å². The van der Waals surface area contributed by atoms with Crippen molar-refractivity contribution >= 4 is 56.5 Å². The Bertz CT molecular complexity index is 920. The van der Waals surface area contributed by atoms with Gasteiger partial charge in [-0.05, 0) is 36.6 Å². The molecule has 2 aromatic rings. The number of nitrogens with one attached hydrogen (secondary N) is 2. The molecule has 7 nitrogen and oxygen atoms in total. The minimum absolute atomic E-state index is 0.0144. The molecule has 0 spiro atoms. The average molecular weight is 499 g/mol. The predicted octanol–water partition coefficient (Wildman–Crippen LogP) is 3.69. The van der Waals surface area contributed by atoms with E-state index in [1.165, 1.54) is 30.4 Å². The third kappa shape index (κ3) is 7.68. The summed E-state index contributed by atoms with van der Waals surface area (Å²) < 4.78 is 19.3. The topological polar surface area (TPSA) is 102 Å². The molecular weight excluding hydrogens is 479 g/mol. The summed E-state index contributed by atoms with van der Waals surface area (Å²) in [7, 11) is 0. The highest BCUT2D eigenvalue weighted by Crippen LogP contribution is 2.19. The monoisotopic (exact) mass is 498 g/mol. The van der Waals surface area contributed by atoms with Gasteiger partial charge in [0.25, 0.3) is 5.91 Å². The Balaban J connectivity index is 1.66. The Labute approximate surface area is 185 Å². The van der Waals surface area contributed by atoms with Crippen LogP contribution in [0.5, 0.6) is 0 Å². The molecule has 1 aromatic heterocycles. The van der Waals surface area contributed by atoms with Gasteiger partial charge in [0.1, 0.15) is 5.82 Å². The van der Waals surface area contributed by atoms with Gasteiger partial charge >= 0.3 is 5.97 Å². The van der Waals surface area contributed by atoms with Crippen LogP contribution < -0.4 is 10.6 Å². The molecule has 0 saturated heterocycles. The van der Waals surface area contributed by atoms with E-state index in [9.17, 15) is 23.6 Å². The maximum absolute atomic E-state index is 13.8. The zero-order valence-corrected chi connectivity index (χ0v) is 18.5. The van der Waals surface area contributed by atoms with Crippen LogP contribution in [0.2, 0.25) is 0 Å². The van der Waals surface area contributed by atoms with Gasteiger partial charge in [-0.3, -0.25) is 19.2 Å². The molecule has 160 valence electrons. The van der Waals surface area contributed by atoms with E-state index in [1.54, 1.807) is 23.6 Å². The molecule has 1 heterocycles. The van der Waals surface area contributed by atoms with Crippen molar-refractivity contribution in [3.8, 4) is 0 Å². The molecule has 30 heavy (non-hydrogen) atoms. The van der Waals surface area contributed by atoms with E-state index in [4.69, 9.17) is 4.74 Å². The first-order chi connectivity index (χ1) is 14.3. The maximum atomic E-state index is 13.8. The van der Waals surface area contributed by atoms with Crippen molar-refractivity contribution in [1.82, 2.24) is 5.32 Å². The number of benzene rings is 1. The van der Waals surface area contributed by atoms with E-state index in [1.807, 2.05) is 0 Å². The first-order valence-electron chi connectivity index (χ1n) is 9.05. The van der Waals surface area contributed by atoms with E-state index < -0.39 is 23.8 Å². The third-order valence-corrected chi connectivity index (χ3v) is 5.30. The number of Topliss-reactive ketones (excluding diaryl/α,β-unsaturated/α-hetero) is 1. The van der Waals surface area contributed by atoms with Crippen LogP contribution in [-0.4, -0.2) is 36.2 Å². The minimum atomic E-state index is -1.14. The molecule has 0 saturated carbocycles. The lowest BCUT2D eigenvalue weighted by atomic mass is 10.2. The van der Waals surface area contributed by atoms with Crippen LogP contribution >= 0.6 is 27.3 Å². The largest absolute Gasteiger partial charge is 0.452 e. The molecule has 0 aliphatic carbocycles. The molecule has 0 radical (unpaired) electrons. The smallest absolute Gasteiger partial charge is 0.308 e. The molecule has 1 atom stereocenters. The van der Waals surface area contributed by atoms with E-state index in [0.717, 1.165) is 0 Å². The number of hydrogen-bond acceptors (Lipinski definition) is 6. The van der Waals surface area contributed by atoms with Gasteiger partial charge in [-0.25, -0.2) is 4.39 Å². The van der Waals surface area contributed by atoms with Crippen molar-refractivity contribution in [2.45, 2.75) is 32.3 Å². The molecule has 1 unspecified atom stereocenters. The summed E-state index contributed by atoms with van der Waals surface area (Å²) in [4.78, 5) is 48.1. The van der Waals surface area contributed by atoms with Gasteiger partial charge in [0.15, 0.2) is 11.9 Å². The Morgan fingerprint density at radius 1 is 1.17 bits per heavy atom. The molecule has 1 aromatic carbocycles. The Morgan fingerprint density at radius 2 is 1.93 bits per heavy atom. The zero-order chi connectivity index (χ0) is 22.1. The van der Waals surface area contributed by atoms with Crippen LogP contribution in [0.4, 0.5) is 10.1 Å². The minimum Gasteiger partial charge on any atom is -0.452 e. The van der Waals surface area contributed by atoms with Crippen LogP contribution in [0.25, 0.3) is 0 Å². The van der Waals surface area contributed by atoms with Gasteiger partial charge < -0.3 is 15.4 Å². The number of halogens is 2. The molecule has 0 aliphatic heterocycles. The fourth-order valence-corrected chi connectivity index (χ4v) is 3.34. The first-order valence-corrected chi connectivity index (χ1v) is 10.7. The standard InChI is InChI=1S/C20H20BrFN2O5S/c1-12(20(28)24-15-5-4-13(21)11-14(15)22)29-19(27)8-9-23-18(26)7-6-16(25)17-3-2-10-30-17/h2-5,10-12H,6-9H2,1H3,(H,23,26)(H,24,28). The van der Waals surface area contributed by atoms with E-state index in [0.29, 0.717) is 9.35 Å². The van der Waals surface area contributed by atoms with E-state index in [2.05, 4.69) is 26.6 Å². The highest BCUT2D eigenvalue weighted by molar-refractivity contribution is 9.10. The number of amides is 2. The number of rotatable bonds is 10. The lowest BCUT2D eigenvalue weighted by molar-refractivity contribution is -0.153. The number of hydrogen-bond donors (Lipinski definition) is 2. The summed E-state index contributed by atoms with van der Waals surface area (Å²) in [6, 6.07) is 7.60. The number of ketones is 1. The van der Waals surface area contributed by atoms with Gasteiger partial charge in [0.05, 0.1) is 17.0 Å². The predicted molar refractivity (Wildman–Crippen MR) is 114 cm³/mol. The highest BCUT2D eigenvalue weighted by Gasteiger charge is 2.19. The maximum Gasteiger partial charge on any atom is 0.308 e. The summed E-state index contributed by atoms with van der Waals surface area (Å²) in [5, 5.41) is 6.66. The van der Waals surface area contributed by atoms with Gasteiger partial charge in [-0.15, -0.1) is 11.3 Å². The zero-order valence-electron chi connectivity index (χ0n) is 16.1. The van der Waals surface area contributed by atoms with Crippen LogP contribution in [0.1, 0.15) is 35.9 Å². The van der Waals surface area contributed by atoms with Crippen LogP contribution in [0.3, 0.4) is 0 Å². The fourth-order valence-electron chi connectivity index (χ4n) is 2.31. The Kier molecular flexibility index (Phi) is 9.13. The molecule has 2 N–H and O–H groups in total. The Morgan fingerprint density at radius 3 is 2.60 bits per heavy atom. The second-order valence-corrected chi connectivity index (χ2v) is 8.11. The van der Waals surface area contributed by atoms with Gasteiger partial charge in [0, 0.05) is 23.9 Å². The van der Waals surface area contributed by atoms with Crippen molar-refractivity contribution in [3.05, 3.63) is 50.9 Å². The third-order valence-electron chi connectivity index (χ3n) is 3.89. The molecule has 10 heteroatoms. The average Bonchev–Trinajstić information content (AvgIpc) is 3.23. The van der Waals surface area contributed by atoms with Crippen molar-refractivity contribution in [1.29, 1.82) is 0 Å². The van der Waals surface area contributed by atoms with E-state index >= 15 is 0 Å². The molecule has 2 amide bonds. The Hall–Kier alpha value is -2.59. The number of esters is 1. The summed E-state index contributed by atoms with van der Waals surface area (Å²) in [5.41, 5.74) is -0.0320. The summed E-state index contributed by atoms with van der Waals surface area (Å²) >= 11 is 4.43.